The number of nitrogens with one attached hydrogen (secondary N) is 1. The van der Waals surface area contributed by atoms with Gasteiger partial charge in [0.1, 0.15) is 12.1 Å². The average Bonchev–Trinajstić information content (AvgIpc) is 3.02. The van der Waals surface area contributed by atoms with Crippen LogP contribution in [0.15, 0.2) is 48.6 Å². The topological polar surface area (TPSA) is 119 Å². The molecule has 1 amide bonds. The van der Waals surface area contributed by atoms with E-state index in [0.717, 1.165) is 83.5 Å². The van der Waals surface area contributed by atoms with Crippen LogP contribution in [0.1, 0.15) is 155 Å². The van der Waals surface area contributed by atoms with Crippen molar-refractivity contribution in [1.82, 2.24) is 5.32 Å². The average molecular weight is 631 g/mol. The van der Waals surface area contributed by atoms with Gasteiger partial charge in [-0.05, 0) is 96.1 Å². The number of hydrogen-bond donors (Lipinski definition) is 3. The maximum Gasteiger partial charge on any atom is 0.326 e. The highest BCUT2D eigenvalue weighted by atomic mass is 16.5. The number of hydrogen-bond acceptors (Lipinski definition) is 5. The molecule has 258 valence electrons. The predicted octanol–water partition coefficient (Wildman–Crippen LogP) is 9.27. The Morgan fingerprint density at radius 2 is 1.29 bits per heavy atom. The smallest absolute Gasteiger partial charge is 0.326 e. The van der Waals surface area contributed by atoms with Gasteiger partial charge in [-0.1, -0.05) is 101 Å². The zero-order valence-corrected chi connectivity index (χ0v) is 28.7. The van der Waals surface area contributed by atoms with Crippen molar-refractivity contribution < 1.29 is 24.2 Å². The molecule has 0 spiro atoms. The van der Waals surface area contributed by atoms with Crippen LogP contribution in [0.4, 0.5) is 0 Å². The third-order valence-electron chi connectivity index (χ3n) is 7.61. The van der Waals surface area contributed by atoms with Gasteiger partial charge in [-0.25, -0.2) is 4.79 Å². The van der Waals surface area contributed by atoms with Crippen LogP contribution in [0.3, 0.4) is 0 Å². The Bertz CT molecular complexity index is 849. The highest BCUT2D eigenvalue weighted by molar-refractivity contribution is 5.83. The lowest BCUT2D eigenvalue weighted by Crippen LogP contribution is -2.40. The molecular weight excluding hydrogens is 564 g/mol. The molecule has 2 atom stereocenters. The molecule has 4 N–H and O–H groups in total. The van der Waals surface area contributed by atoms with Gasteiger partial charge in [0, 0.05) is 12.8 Å². The van der Waals surface area contributed by atoms with Crippen molar-refractivity contribution in [2.45, 2.75) is 167 Å². The number of carbonyl (C=O) groups excluding carboxylic acids is 2. The fraction of sp³-hybridized carbons (Fsp3) is 0.711. The van der Waals surface area contributed by atoms with E-state index in [2.05, 4.69) is 67.8 Å². The molecule has 0 aromatic rings. The molecule has 0 saturated carbocycles. The van der Waals surface area contributed by atoms with Crippen LogP contribution in [0.5, 0.6) is 0 Å². The number of nitrogens with two attached hydrogens (primary N) is 1. The third kappa shape index (κ3) is 29.8. The highest BCUT2D eigenvalue weighted by Crippen LogP contribution is 2.15. The molecule has 0 saturated heterocycles. The summed E-state index contributed by atoms with van der Waals surface area (Å²) in [6.45, 7) is 4.77. The minimum absolute atomic E-state index is 0.121. The van der Waals surface area contributed by atoms with E-state index in [1.165, 1.54) is 25.7 Å². The number of allylic oxidation sites excluding steroid dienone is 7. The fourth-order valence-electron chi connectivity index (χ4n) is 4.90. The van der Waals surface area contributed by atoms with E-state index in [-0.39, 0.29) is 18.0 Å². The minimum atomic E-state index is -1.02. The lowest BCUT2D eigenvalue weighted by atomic mass is 10.1. The Morgan fingerprint density at radius 1 is 0.689 bits per heavy atom. The standard InChI is InChI=1S/C38H66N2O5/c1-3-5-7-9-11-12-13-14-15-16-18-20-26-32-37(42)45-34(28-23-19-17-10-8-6-4-2)29-24-21-22-25-31-36(41)40-35(38(43)44)30-27-33-39/h5,7,11-12,14-15,23,28,34-35H,3-4,6,8-10,13,16-22,24-27,29-33,39H2,1-2H3,(H,40,41)(H,43,44)/b7-5-,12-11-,15-14-,28-23-. The number of unbranched alkanes of at least 4 members (excludes halogenated alkanes) is 11. The number of esters is 1. The maximum atomic E-state index is 12.6. The maximum absolute atomic E-state index is 12.6. The Kier molecular flexibility index (Phi) is 30.8. The summed E-state index contributed by atoms with van der Waals surface area (Å²) in [7, 11) is 0. The largest absolute Gasteiger partial charge is 0.480 e. The first-order valence-corrected chi connectivity index (χ1v) is 18.0. The van der Waals surface area contributed by atoms with Crippen LogP contribution in [-0.2, 0) is 19.1 Å². The molecule has 0 aromatic carbocycles. The van der Waals surface area contributed by atoms with Crippen molar-refractivity contribution in [2.75, 3.05) is 6.54 Å². The Balaban J connectivity index is 4.38. The van der Waals surface area contributed by atoms with Gasteiger partial charge < -0.3 is 20.9 Å². The van der Waals surface area contributed by atoms with E-state index in [0.29, 0.717) is 38.6 Å². The second-order valence-electron chi connectivity index (χ2n) is 11.9. The van der Waals surface area contributed by atoms with Crippen molar-refractivity contribution >= 4 is 17.8 Å². The molecule has 0 bridgehead atoms. The van der Waals surface area contributed by atoms with Crippen LogP contribution >= 0.6 is 0 Å². The van der Waals surface area contributed by atoms with Crippen molar-refractivity contribution in [3.05, 3.63) is 48.6 Å². The second-order valence-corrected chi connectivity index (χ2v) is 11.9. The SMILES string of the molecule is CC/C=C\C/C=C\C/C=C\CCCCCC(=O)OC(/C=C\CCCCCCC)CCCCCCC(=O)NC(CCCN)C(=O)O. The molecule has 0 aromatic heterocycles. The highest BCUT2D eigenvalue weighted by Gasteiger charge is 2.18. The molecule has 0 aliphatic heterocycles. The van der Waals surface area contributed by atoms with E-state index >= 15 is 0 Å². The van der Waals surface area contributed by atoms with Gasteiger partial charge in [0.15, 0.2) is 0 Å². The monoisotopic (exact) mass is 630 g/mol. The van der Waals surface area contributed by atoms with Crippen LogP contribution in [0.2, 0.25) is 0 Å². The molecule has 2 unspecified atom stereocenters. The number of aliphatic carboxylic acids is 1. The van der Waals surface area contributed by atoms with E-state index in [9.17, 15) is 19.5 Å². The summed E-state index contributed by atoms with van der Waals surface area (Å²) >= 11 is 0. The number of rotatable bonds is 31. The fourth-order valence-corrected chi connectivity index (χ4v) is 4.90. The summed E-state index contributed by atoms with van der Waals surface area (Å²) in [4.78, 5) is 36.1. The van der Waals surface area contributed by atoms with E-state index < -0.39 is 12.0 Å². The molecule has 0 radical (unpaired) electrons. The van der Waals surface area contributed by atoms with Gasteiger partial charge in [-0.2, -0.15) is 0 Å². The molecule has 7 nitrogen and oxygen atoms in total. The van der Waals surface area contributed by atoms with Gasteiger partial charge in [-0.3, -0.25) is 9.59 Å². The van der Waals surface area contributed by atoms with E-state index in [1.807, 2.05) is 0 Å². The minimum Gasteiger partial charge on any atom is -0.480 e. The van der Waals surface area contributed by atoms with E-state index in [1.54, 1.807) is 0 Å². The van der Waals surface area contributed by atoms with E-state index in [4.69, 9.17) is 10.5 Å². The predicted molar refractivity (Wildman–Crippen MR) is 188 cm³/mol. The van der Waals surface area contributed by atoms with Gasteiger partial charge in [0.2, 0.25) is 5.91 Å². The number of carbonyl (C=O) groups is 3. The van der Waals surface area contributed by atoms with Gasteiger partial charge in [-0.15, -0.1) is 0 Å². The summed E-state index contributed by atoms with van der Waals surface area (Å²) < 4.78 is 5.87. The first kappa shape index (κ1) is 42.3. The second kappa shape index (κ2) is 32.7. The lowest BCUT2D eigenvalue weighted by molar-refractivity contribution is -0.147. The Hall–Kier alpha value is -2.67. The molecule has 7 heteroatoms. The molecule has 0 aliphatic carbocycles. The molecule has 0 rings (SSSR count). The van der Waals surface area contributed by atoms with Crippen LogP contribution in [0.25, 0.3) is 0 Å². The Morgan fingerprint density at radius 3 is 1.98 bits per heavy atom. The molecule has 45 heavy (non-hydrogen) atoms. The first-order valence-electron chi connectivity index (χ1n) is 18.0. The molecule has 0 fully saturated rings. The molecule has 0 aliphatic rings. The summed E-state index contributed by atoms with van der Waals surface area (Å²) in [5.74, 6) is -1.37. The zero-order valence-electron chi connectivity index (χ0n) is 28.7. The van der Waals surface area contributed by atoms with Crippen molar-refractivity contribution in [2.24, 2.45) is 5.73 Å². The van der Waals surface area contributed by atoms with Crippen molar-refractivity contribution in [1.29, 1.82) is 0 Å². The van der Waals surface area contributed by atoms with Crippen LogP contribution in [-0.4, -0.2) is 41.6 Å². The number of ether oxygens (including phenoxy) is 1. The number of amides is 1. The molecular formula is C38H66N2O5. The molecule has 0 heterocycles. The summed E-state index contributed by atoms with van der Waals surface area (Å²) in [5.41, 5.74) is 5.46. The lowest BCUT2D eigenvalue weighted by Gasteiger charge is -2.15. The van der Waals surface area contributed by atoms with Crippen LogP contribution in [0, 0.1) is 0 Å². The quantitative estimate of drug-likeness (QED) is 0.0399. The zero-order chi connectivity index (χ0) is 33.2. The Labute approximate surface area is 275 Å². The summed E-state index contributed by atoms with van der Waals surface area (Å²) in [6.07, 6.45) is 37.4. The number of carboxylic acids is 1. The van der Waals surface area contributed by atoms with Crippen molar-refractivity contribution in [3.63, 3.8) is 0 Å². The van der Waals surface area contributed by atoms with Gasteiger partial charge in [0.25, 0.3) is 0 Å². The normalized spacial score (nSPS) is 13.3. The number of carboxylic acid groups (broad SMARTS) is 1. The first-order chi connectivity index (χ1) is 21.9. The van der Waals surface area contributed by atoms with Gasteiger partial charge >= 0.3 is 11.9 Å². The summed E-state index contributed by atoms with van der Waals surface area (Å²) in [5, 5.41) is 11.9. The summed E-state index contributed by atoms with van der Waals surface area (Å²) in [6, 6.07) is -0.873. The van der Waals surface area contributed by atoms with Crippen LogP contribution < -0.4 is 11.1 Å². The van der Waals surface area contributed by atoms with Crippen molar-refractivity contribution in [3.8, 4) is 0 Å². The third-order valence-corrected chi connectivity index (χ3v) is 7.61. The van der Waals surface area contributed by atoms with Gasteiger partial charge in [0.05, 0.1) is 0 Å².